The van der Waals surface area contributed by atoms with Crippen LogP contribution in [0.3, 0.4) is 0 Å². The highest BCUT2D eigenvalue weighted by Gasteiger charge is 2.31. The fourth-order valence-electron chi connectivity index (χ4n) is 2.63. The van der Waals surface area contributed by atoms with Crippen LogP contribution in [0.15, 0.2) is 5.16 Å². The molecule has 2 aromatic heterocycles. The summed E-state index contributed by atoms with van der Waals surface area (Å²) in [6.45, 7) is 5.31. The van der Waals surface area contributed by atoms with Crippen LogP contribution >= 0.6 is 11.8 Å². The van der Waals surface area contributed by atoms with Gasteiger partial charge in [-0.1, -0.05) is 11.8 Å². The minimum Gasteiger partial charge on any atom is -0.465 e. The lowest BCUT2D eigenvalue weighted by Crippen LogP contribution is -2.16. The minimum absolute atomic E-state index is 0.0962. The van der Waals surface area contributed by atoms with Crippen LogP contribution in [0.5, 0.6) is 0 Å². The number of thioether (sulfide) groups is 1. The minimum atomic E-state index is -0.446. The number of Topliss-reactive ketones (excluding diaryl/α,β-unsaturated/α-hetero) is 1. The molecule has 1 unspecified atom stereocenters. The molecular weight excluding hydrogens is 330 g/mol. The van der Waals surface area contributed by atoms with Crippen LogP contribution < -0.4 is 0 Å². The molecule has 1 fully saturated rings. The number of aromatic nitrogens is 5. The molecular formula is C15H19N5O3S. The van der Waals surface area contributed by atoms with E-state index in [1.165, 1.54) is 18.9 Å². The van der Waals surface area contributed by atoms with E-state index in [1.807, 2.05) is 6.92 Å². The van der Waals surface area contributed by atoms with E-state index in [2.05, 4.69) is 20.5 Å². The standard InChI is InChI=1S/C15H19N5O3S/c1-7-11(14(22)23-4)8(2)16-12(7)13(21)9(3)24-15-17-18-19-20(15)10-5-6-10/h9-10,16H,5-6H2,1-4H3. The maximum absolute atomic E-state index is 12.8. The number of ether oxygens (including phenoxy) is 1. The number of nitrogens with zero attached hydrogens (tertiary/aromatic N) is 4. The first kappa shape index (κ1) is 16.7. The first-order valence-corrected chi connectivity index (χ1v) is 8.58. The second-order valence-electron chi connectivity index (χ2n) is 5.88. The number of tetrazole rings is 1. The summed E-state index contributed by atoms with van der Waals surface area (Å²) in [6.07, 6.45) is 2.14. The van der Waals surface area contributed by atoms with Gasteiger partial charge in [0.2, 0.25) is 5.16 Å². The molecule has 3 rings (SSSR count). The lowest BCUT2D eigenvalue weighted by Gasteiger charge is -2.09. The molecule has 0 radical (unpaired) electrons. The van der Waals surface area contributed by atoms with E-state index in [0.29, 0.717) is 33.7 Å². The Labute approximate surface area is 143 Å². The molecule has 0 saturated heterocycles. The van der Waals surface area contributed by atoms with Gasteiger partial charge in [0.25, 0.3) is 0 Å². The molecule has 0 spiro atoms. The largest absolute Gasteiger partial charge is 0.465 e. The number of aryl methyl sites for hydroxylation is 1. The number of carbonyl (C=O) groups is 2. The molecule has 1 aliphatic carbocycles. The molecule has 2 heterocycles. The fourth-order valence-corrected chi connectivity index (χ4v) is 3.55. The summed E-state index contributed by atoms with van der Waals surface area (Å²) in [5.41, 5.74) is 2.08. The highest BCUT2D eigenvalue weighted by molar-refractivity contribution is 8.00. The predicted octanol–water partition coefficient (Wildman–Crippen LogP) is 2.10. The van der Waals surface area contributed by atoms with Crippen molar-refractivity contribution in [3.63, 3.8) is 0 Å². The lowest BCUT2D eigenvalue weighted by molar-refractivity contribution is 0.0599. The summed E-state index contributed by atoms with van der Waals surface area (Å²) >= 11 is 1.33. The zero-order valence-electron chi connectivity index (χ0n) is 14.0. The smallest absolute Gasteiger partial charge is 0.339 e. The summed E-state index contributed by atoms with van der Waals surface area (Å²) in [5.74, 6) is -0.542. The van der Waals surface area contributed by atoms with Crippen molar-refractivity contribution in [3.05, 3.63) is 22.5 Å². The number of methoxy groups -OCH3 is 1. The molecule has 0 aromatic carbocycles. The number of carbonyl (C=O) groups excluding carboxylic acids is 2. The monoisotopic (exact) mass is 349 g/mol. The Hall–Kier alpha value is -2.16. The zero-order chi connectivity index (χ0) is 17.4. The molecule has 0 amide bonds. The van der Waals surface area contributed by atoms with Gasteiger partial charge in [0.05, 0.1) is 29.7 Å². The van der Waals surface area contributed by atoms with Gasteiger partial charge in [-0.15, -0.1) is 5.10 Å². The second-order valence-corrected chi connectivity index (χ2v) is 7.19. The second kappa shape index (κ2) is 6.39. The first-order valence-electron chi connectivity index (χ1n) is 7.70. The van der Waals surface area contributed by atoms with Gasteiger partial charge in [-0.25, -0.2) is 9.48 Å². The van der Waals surface area contributed by atoms with Gasteiger partial charge in [0, 0.05) is 5.69 Å². The Morgan fingerprint density at radius 2 is 2.08 bits per heavy atom. The van der Waals surface area contributed by atoms with Crippen molar-refractivity contribution in [2.24, 2.45) is 0 Å². The normalized spacial score (nSPS) is 15.3. The number of H-pyrrole nitrogens is 1. The lowest BCUT2D eigenvalue weighted by atomic mass is 10.1. The van der Waals surface area contributed by atoms with E-state index >= 15 is 0 Å². The van der Waals surface area contributed by atoms with E-state index in [4.69, 9.17) is 4.74 Å². The number of hydrogen-bond acceptors (Lipinski definition) is 7. The number of hydrogen-bond donors (Lipinski definition) is 1. The summed E-state index contributed by atoms with van der Waals surface area (Å²) in [7, 11) is 1.33. The molecule has 0 bridgehead atoms. The van der Waals surface area contributed by atoms with Crippen LogP contribution in [0, 0.1) is 13.8 Å². The Morgan fingerprint density at radius 1 is 1.38 bits per heavy atom. The molecule has 1 N–H and O–H groups in total. The summed E-state index contributed by atoms with van der Waals surface area (Å²) < 4.78 is 6.56. The molecule has 24 heavy (non-hydrogen) atoms. The van der Waals surface area contributed by atoms with E-state index in [9.17, 15) is 9.59 Å². The molecule has 8 nitrogen and oxygen atoms in total. The van der Waals surface area contributed by atoms with Crippen molar-refractivity contribution in [1.82, 2.24) is 25.2 Å². The maximum atomic E-state index is 12.8. The fraction of sp³-hybridized carbons (Fsp3) is 0.533. The highest BCUT2D eigenvalue weighted by atomic mass is 32.2. The van der Waals surface area contributed by atoms with E-state index in [-0.39, 0.29) is 11.0 Å². The van der Waals surface area contributed by atoms with E-state index in [0.717, 1.165) is 12.8 Å². The van der Waals surface area contributed by atoms with Crippen LogP contribution in [0.1, 0.15) is 57.9 Å². The van der Waals surface area contributed by atoms with Crippen molar-refractivity contribution < 1.29 is 14.3 Å². The van der Waals surface area contributed by atoms with Crippen LogP contribution in [-0.2, 0) is 4.74 Å². The summed E-state index contributed by atoms with van der Waals surface area (Å²) in [6, 6.07) is 0.352. The predicted molar refractivity (Wildman–Crippen MR) is 87.3 cm³/mol. The number of aromatic amines is 1. The molecule has 2 aromatic rings. The van der Waals surface area contributed by atoms with Gasteiger partial charge >= 0.3 is 5.97 Å². The molecule has 1 saturated carbocycles. The van der Waals surface area contributed by atoms with Crippen molar-refractivity contribution >= 4 is 23.5 Å². The van der Waals surface area contributed by atoms with E-state index in [1.54, 1.807) is 18.5 Å². The third-order valence-corrected chi connectivity index (χ3v) is 5.13. The quantitative estimate of drug-likeness (QED) is 0.484. The Balaban J connectivity index is 1.81. The van der Waals surface area contributed by atoms with Crippen molar-refractivity contribution in [2.75, 3.05) is 7.11 Å². The Bertz CT molecular complexity index is 793. The van der Waals surface area contributed by atoms with Crippen molar-refractivity contribution in [2.45, 2.75) is 50.1 Å². The summed E-state index contributed by atoms with van der Waals surface area (Å²) in [4.78, 5) is 27.7. The molecule has 128 valence electrons. The van der Waals surface area contributed by atoms with Crippen LogP contribution in [0.2, 0.25) is 0 Å². The van der Waals surface area contributed by atoms with Gasteiger partial charge in [0.15, 0.2) is 5.78 Å². The summed E-state index contributed by atoms with van der Waals surface area (Å²) in [5, 5.41) is 12.0. The maximum Gasteiger partial charge on any atom is 0.339 e. The molecule has 1 aliphatic rings. The van der Waals surface area contributed by atoms with Crippen molar-refractivity contribution in [1.29, 1.82) is 0 Å². The Morgan fingerprint density at radius 3 is 2.71 bits per heavy atom. The molecule has 1 atom stereocenters. The third kappa shape index (κ3) is 2.95. The van der Waals surface area contributed by atoms with Crippen LogP contribution in [0.25, 0.3) is 0 Å². The topological polar surface area (TPSA) is 103 Å². The van der Waals surface area contributed by atoms with Gasteiger partial charge < -0.3 is 9.72 Å². The highest BCUT2D eigenvalue weighted by Crippen LogP contribution is 2.37. The van der Waals surface area contributed by atoms with Gasteiger partial charge in [-0.05, 0) is 49.6 Å². The molecule has 0 aliphatic heterocycles. The zero-order valence-corrected chi connectivity index (χ0v) is 14.8. The number of rotatable bonds is 6. The van der Waals surface area contributed by atoms with E-state index < -0.39 is 5.97 Å². The average molecular weight is 349 g/mol. The molecule has 9 heteroatoms. The third-order valence-electron chi connectivity index (χ3n) is 4.08. The van der Waals surface area contributed by atoms with Gasteiger partial charge in [0.1, 0.15) is 0 Å². The first-order chi connectivity index (χ1) is 11.4. The van der Waals surface area contributed by atoms with Crippen LogP contribution in [-0.4, -0.2) is 49.3 Å². The van der Waals surface area contributed by atoms with Gasteiger partial charge in [-0.3, -0.25) is 4.79 Å². The van der Waals surface area contributed by atoms with Gasteiger partial charge in [-0.2, -0.15) is 0 Å². The Kier molecular flexibility index (Phi) is 4.44. The number of nitrogens with one attached hydrogen (secondary N) is 1. The number of esters is 1. The van der Waals surface area contributed by atoms with Crippen LogP contribution in [0.4, 0.5) is 0 Å². The van der Waals surface area contributed by atoms with Crippen molar-refractivity contribution in [3.8, 4) is 0 Å². The average Bonchev–Trinajstić information content (AvgIpc) is 3.23. The SMILES string of the molecule is COC(=O)c1c(C)[nH]c(C(=O)C(C)Sc2nnnn2C2CC2)c1C. The number of ketones is 1.